The van der Waals surface area contributed by atoms with Gasteiger partial charge in [-0.15, -0.1) is 0 Å². The average molecular weight is 219 g/mol. The molecule has 0 aliphatic carbocycles. The second-order valence-corrected chi connectivity index (χ2v) is 3.03. The van der Waals surface area contributed by atoms with Gasteiger partial charge in [-0.05, 0) is 6.92 Å². The van der Waals surface area contributed by atoms with Gasteiger partial charge in [0.2, 0.25) is 0 Å². The smallest absolute Gasteiger partial charge is 0.341 e. The molecule has 1 unspecified atom stereocenters. The van der Waals surface area contributed by atoms with Gasteiger partial charge < -0.3 is 9.84 Å². The SMILES string of the molecule is CCn1ncc(Cl)c1C(O)C(=O)OC. The molecule has 78 valence electrons. The second-order valence-electron chi connectivity index (χ2n) is 2.62. The molecule has 0 saturated heterocycles. The molecule has 0 spiro atoms. The highest BCUT2D eigenvalue weighted by molar-refractivity contribution is 6.31. The summed E-state index contributed by atoms with van der Waals surface area (Å²) in [6.07, 6.45) is 0.00182. The third kappa shape index (κ3) is 1.88. The van der Waals surface area contributed by atoms with E-state index < -0.39 is 12.1 Å². The molecule has 0 aliphatic heterocycles. The molecule has 1 aromatic heterocycles. The molecule has 5 nitrogen and oxygen atoms in total. The Labute approximate surface area is 86.2 Å². The Morgan fingerprint density at radius 2 is 2.50 bits per heavy atom. The van der Waals surface area contributed by atoms with Crippen molar-refractivity contribution >= 4 is 17.6 Å². The van der Waals surface area contributed by atoms with E-state index >= 15 is 0 Å². The highest BCUT2D eigenvalue weighted by atomic mass is 35.5. The molecule has 0 aliphatic rings. The molecule has 0 radical (unpaired) electrons. The van der Waals surface area contributed by atoms with Crippen molar-refractivity contribution in [1.29, 1.82) is 0 Å². The minimum Gasteiger partial charge on any atom is -0.467 e. The summed E-state index contributed by atoms with van der Waals surface area (Å²) in [4.78, 5) is 11.1. The first-order valence-corrected chi connectivity index (χ1v) is 4.46. The highest BCUT2D eigenvalue weighted by Crippen LogP contribution is 2.23. The molecule has 0 fully saturated rings. The van der Waals surface area contributed by atoms with Crippen LogP contribution in [0.5, 0.6) is 0 Å². The zero-order valence-corrected chi connectivity index (χ0v) is 8.65. The molecule has 1 aromatic rings. The van der Waals surface area contributed by atoms with Gasteiger partial charge in [0.25, 0.3) is 0 Å². The van der Waals surface area contributed by atoms with Crippen molar-refractivity contribution in [2.45, 2.75) is 19.6 Å². The summed E-state index contributed by atoms with van der Waals surface area (Å²) in [5, 5.41) is 13.7. The number of methoxy groups -OCH3 is 1. The molecular formula is C8H11ClN2O3. The maximum Gasteiger partial charge on any atom is 0.341 e. The van der Waals surface area contributed by atoms with Gasteiger partial charge in [-0.2, -0.15) is 5.10 Å². The van der Waals surface area contributed by atoms with Crippen LogP contribution in [0.15, 0.2) is 6.20 Å². The first kappa shape index (κ1) is 11.0. The molecule has 1 atom stereocenters. The Balaban J connectivity index is 3.04. The summed E-state index contributed by atoms with van der Waals surface area (Å²) < 4.78 is 5.85. The summed E-state index contributed by atoms with van der Waals surface area (Å²) in [5.74, 6) is -0.748. The molecule has 0 amide bonds. The third-order valence-corrected chi connectivity index (χ3v) is 2.11. The van der Waals surface area contributed by atoms with Crippen molar-refractivity contribution in [1.82, 2.24) is 9.78 Å². The normalized spacial score (nSPS) is 12.6. The van der Waals surface area contributed by atoms with Crippen LogP contribution in [0.2, 0.25) is 5.02 Å². The van der Waals surface area contributed by atoms with Gasteiger partial charge in [0.1, 0.15) is 0 Å². The standard InChI is InChI=1S/C8H11ClN2O3/c1-3-11-6(5(9)4-10-11)7(12)8(13)14-2/h4,7,12H,3H2,1-2H3. The third-order valence-electron chi connectivity index (χ3n) is 1.82. The number of aliphatic hydroxyl groups excluding tert-OH is 1. The molecule has 14 heavy (non-hydrogen) atoms. The zero-order valence-electron chi connectivity index (χ0n) is 7.90. The van der Waals surface area contributed by atoms with Crippen molar-refractivity contribution in [3.8, 4) is 0 Å². The fourth-order valence-electron chi connectivity index (χ4n) is 1.12. The highest BCUT2D eigenvalue weighted by Gasteiger charge is 2.24. The largest absolute Gasteiger partial charge is 0.467 e. The Morgan fingerprint density at radius 1 is 1.86 bits per heavy atom. The van der Waals surface area contributed by atoms with Gasteiger partial charge in [-0.1, -0.05) is 11.6 Å². The van der Waals surface area contributed by atoms with Crippen LogP contribution in [-0.4, -0.2) is 28.0 Å². The average Bonchev–Trinajstić information content (AvgIpc) is 2.57. The van der Waals surface area contributed by atoms with E-state index in [-0.39, 0.29) is 10.7 Å². The summed E-state index contributed by atoms with van der Waals surface area (Å²) in [7, 11) is 1.20. The van der Waals surface area contributed by atoms with Crippen LogP contribution in [0.4, 0.5) is 0 Å². The van der Waals surface area contributed by atoms with Crippen LogP contribution >= 0.6 is 11.6 Å². The quantitative estimate of drug-likeness (QED) is 0.761. The Bertz CT molecular complexity index is 337. The zero-order chi connectivity index (χ0) is 10.7. The number of aromatic nitrogens is 2. The minimum atomic E-state index is -1.38. The number of carbonyl (C=O) groups excluding carboxylic acids is 1. The van der Waals surface area contributed by atoms with Crippen molar-refractivity contribution in [2.75, 3.05) is 7.11 Å². The van der Waals surface area contributed by atoms with Crippen LogP contribution in [0.1, 0.15) is 18.7 Å². The minimum absolute atomic E-state index is 0.254. The monoisotopic (exact) mass is 218 g/mol. The summed E-state index contributed by atoms with van der Waals surface area (Å²) in [6.45, 7) is 2.35. The maximum absolute atomic E-state index is 11.1. The fourth-order valence-corrected chi connectivity index (χ4v) is 1.36. The van der Waals surface area contributed by atoms with Crippen LogP contribution in [0.25, 0.3) is 0 Å². The van der Waals surface area contributed by atoms with E-state index in [2.05, 4.69) is 9.84 Å². The van der Waals surface area contributed by atoms with Crippen molar-refractivity contribution < 1.29 is 14.6 Å². The summed E-state index contributed by atoms with van der Waals surface area (Å²) in [6, 6.07) is 0. The van der Waals surface area contributed by atoms with E-state index in [1.54, 1.807) is 0 Å². The van der Waals surface area contributed by atoms with Gasteiger partial charge in [0, 0.05) is 6.54 Å². The van der Waals surface area contributed by atoms with E-state index in [1.807, 2.05) is 6.92 Å². The lowest BCUT2D eigenvalue weighted by Gasteiger charge is -2.10. The molecular weight excluding hydrogens is 208 g/mol. The van der Waals surface area contributed by atoms with E-state index in [1.165, 1.54) is 18.0 Å². The summed E-state index contributed by atoms with van der Waals surface area (Å²) in [5.41, 5.74) is 0.265. The van der Waals surface area contributed by atoms with Crippen molar-refractivity contribution in [3.63, 3.8) is 0 Å². The van der Waals surface area contributed by atoms with Crippen LogP contribution in [0, 0.1) is 0 Å². The number of halogens is 1. The predicted octanol–water partition coefficient (Wildman–Crippen LogP) is 0.763. The molecule has 1 rings (SSSR count). The number of ether oxygens (including phenoxy) is 1. The van der Waals surface area contributed by atoms with Gasteiger partial charge in [-0.25, -0.2) is 4.79 Å². The summed E-state index contributed by atoms with van der Waals surface area (Å²) >= 11 is 5.77. The topological polar surface area (TPSA) is 64.3 Å². The van der Waals surface area contributed by atoms with E-state index in [9.17, 15) is 9.90 Å². The second kappa shape index (κ2) is 4.43. The first-order chi connectivity index (χ1) is 6.61. The molecule has 0 aromatic carbocycles. The number of carbonyl (C=O) groups is 1. The van der Waals surface area contributed by atoms with Crippen LogP contribution in [-0.2, 0) is 16.1 Å². The lowest BCUT2D eigenvalue weighted by atomic mass is 10.2. The Kier molecular flexibility index (Phi) is 3.49. The number of hydrogen-bond acceptors (Lipinski definition) is 4. The first-order valence-electron chi connectivity index (χ1n) is 4.08. The maximum atomic E-state index is 11.1. The Hall–Kier alpha value is -1.07. The number of hydrogen-bond donors (Lipinski definition) is 1. The molecule has 1 heterocycles. The van der Waals surface area contributed by atoms with E-state index in [0.717, 1.165) is 0 Å². The number of aliphatic hydroxyl groups is 1. The lowest BCUT2D eigenvalue weighted by Crippen LogP contribution is -2.18. The van der Waals surface area contributed by atoms with Crippen LogP contribution < -0.4 is 0 Å². The molecule has 0 bridgehead atoms. The van der Waals surface area contributed by atoms with Gasteiger partial charge in [-0.3, -0.25) is 4.68 Å². The van der Waals surface area contributed by atoms with Crippen LogP contribution in [0.3, 0.4) is 0 Å². The molecule has 0 saturated carbocycles. The number of aryl methyl sites for hydroxylation is 1. The van der Waals surface area contributed by atoms with Crippen molar-refractivity contribution in [2.24, 2.45) is 0 Å². The molecule has 6 heteroatoms. The fraction of sp³-hybridized carbons (Fsp3) is 0.500. The lowest BCUT2D eigenvalue weighted by molar-refractivity contribution is -0.151. The van der Waals surface area contributed by atoms with E-state index in [0.29, 0.717) is 6.54 Å². The predicted molar refractivity (Wildman–Crippen MR) is 49.9 cm³/mol. The number of nitrogens with zero attached hydrogens (tertiary/aromatic N) is 2. The van der Waals surface area contributed by atoms with E-state index in [4.69, 9.17) is 11.6 Å². The van der Waals surface area contributed by atoms with Gasteiger partial charge in [0.05, 0.1) is 24.0 Å². The van der Waals surface area contributed by atoms with Crippen molar-refractivity contribution in [3.05, 3.63) is 16.9 Å². The Morgan fingerprint density at radius 3 is 3.00 bits per heavy atom. The number of rotatable bonds is 3. The molecule has 1 N–H and O–H groups in total. The number of esters is 1. The van der Waals surface area contributed by atoms with Gasteiger partial charge in [0.15, 0.2) is 6.10 Å². The van der Waals surface area contributed by atoms with Gasteiger partial charge >= 0.3 is 5.97 Å².